The topological polar surface area (TPSA) is 141 Å². The van der Waals surface area contributed by atoms with Crippen LogP contribution in [0.25, 0.3) is 11.0 Å². The Hall–Kier alpha value is -3.98. The monoisotopic (exact) mass is 440 g/mol. The predicted octanol–water partition coefficient (Wildman–Crippen LogP) is 1.68. The molecule has 3 aromatic rings. The second-order valence-corrected chi connectivity index (χ2v) is 6.80. The van der Waals surface area contributed by atoms with Crippen molar-refractivity contribution in [2.75, 3.05) is 5.32 Å². The number of halogens is 1. The van der Waals surface area contributed by atoms with Crippen LogP contribution in [0.2, 0.25) is 5.02 Å². The fourth-order valence-electron chi connectivity index (χ4n) is 2.58. The van der Waals surface area contributed by atoms with E-state index in [1.807, 2.05) is 0 Å². The van der Waals surface area contributed by atoms with Crippen LogP contribution in [0.3, 0.4) is 0 Å². The van der Waals surface area contributed by atoms with E-state index >= 15 is 0 Å². The maximum absolute atomic E-state index is 12.4. The van der Waals surface area contributed by atoms with Gasteiger partial charge in [0.05, 0.1) is 23.1 Å². The van der Waals surface area contributed by atoms with Crippen LogP contribution in [0.15, 0.2) is 63.0 Å². The lowest BCUT2D eigenvalue weighted by molar-refractivity contribution is -0.255. The molecule has 10 heteroatoms. The summed E-state index contributed by atoms with van der Waals surface area (Å²) in [5.74, 6) is -2.29. The van der Waals surface area contributed by atoms with Gasteiger partial charge in [-0.25, -0.2) is 5.43 Å². The highest BCUT2D eigenvalue weighted by Gasteiger charge is 2.08. The number of aromatic carboxylic acids is 1. The summed E-state index contributed by atoms with van der Waals surface area (Å²) in [4.78, 5) is 46.8. The maximum Gasteiger partial charge on any atom is 0.240 e. The normalized spacial score (nSPS) is 10.9. The molecule has 0 unspecified atom stereocenters. The zero-order valence-electron chi connectivity index (χ0n) is 15.9. The summed E-state index contributed by atoms with van der Waals surface area (Å²) in [5, 5.41) is 17.7. The summed E-state index contributed by atoms with van der Waals surface area (Å²) in [6, 6.07) is 10.0. The van der Waals surface area contributed by atoms with E-state index in [0.717, 1.165) is 6.21 Å². The fourth-order valence-corrected chi connectivity index (χ4v) is 2.74. The fraction of sp³-hybridized carbons (Fsp3) is 0.0952. The quantitative estimate of drug-likeness (QED) is 0.423. The van der Waals surface area contributed by atoms with Crippen molar-refractivity contribution in [3.8, 4) is 0 Å². The van der Waals surface area contributed by atoms with Crippen molar-refractivity contribution in [1.29, 1.82) is 0 Å². The first-order valence-corrected chi connectivity index (χ1v) is 9.35. The number of nitrogens with zero attached hydrogens (tertiary/aromatic N) is 1. The average Bonchev–Trinajstić information content (AvgIpc) is 2.74. The highest BCUT2D eigenvalue weighted by Crippen LogP contribution is 2.16. The minimum absolute atomic E-state index is 0.0144. The molecule has 0 saturated carbocycles. The largest absolute Gasteiger partial charge is 0.545 e. The Morgan fingerprint density at radius 3 is 2.48 bits per heavy atom. The lowest BCUT2D eigenvalue weighted by Gasteiger charge is -2.07. The number of amides is 2. The Morgan fingerprint density at radius 2 is 1.77 bits per heavy atom. The number of hydrazone groups is 1. The zero-order chi connectivity index (χ0) is 22.4. The van der Waals surface area contributed by atoms with Crippen molar-refractivity contribution >= 4 is 52.3 Å². The molecule has 0 bridgehead atoms. The predicted molar refractivity (Wildman–Crippen MR) is 112 cm³/mol. The van der Waals surface area contributed by atoms with E-state index in [1.54, 1.807) is 6.07 Å². The van der Waals surface area contributed by atoms with Crippen LogP contribution in [0.4, 0.5) is 5.69 Å². The molecule has 0 spiro atoms. The number of anilines is 1. The van der Waals surface area contributed by atoms with Gasteiger partial charge in [0.1, 0.15) is 11.8 Å². The third-order valence-electron chi connectivity index (χ3n) is 4.14. The molecule has 31 heavy (non-hydrogen) atoms. The summed E-state index contributed by atoms with van der Waals surface area (Å²) in [7, 11) is 0. The van der Waals surface area contributed by atoms with Crippen LogP contribution in [0, 0.1) is 0 Å². The molecule has 3 rings (SSSR count). The molecule has 1 heterocycles. The molecular weight excluding hydrogens is 426 g/mol. The molecule has 9 nitrogen and oxygen atoms in total. The number of fused-ring (bicyclic) bond motifs is 1. The van der Waals surface area contributed by atoms with Gasteiger partial charge < -0.3 is 19.6 Å². The standard InChI is InChI=1S/C21H16ClN3O6/c22-14-3-6-16-17(9-14)31-11-13(20(16)28)10-23-25-19(27)8-7-18(26)24-15-4-1-12(2-5-15)21(29)30/h1-6,9-11H,7-8H2,(H,24,26)(H,25,27)(H,29,30)/p-1/b23-10-. The van der Waals surface area contributed by atoms with Gasteiger partial charge in [0, 0.05) is 29.6 Å². The second-order valence-electron chi connectivity index (χ2n) is 6.37. The Labute approximate surface area is 180 Å². The molecule has 0 aliphatic rings. The summed E-state index contributed by atoms with van der Waals surface area (Å²) < 4.78 is 5.34. The molecule has 0 fully saturated rings. The lowest BCUT2D eigenvalue weighted by Crippen LogP contribution is -2.22. The number of benzene rings is 2. The van der Waals surface area contributed by atoms with Crippen LogP contribution in [-0.2, 0) is 9.59 Å². The Balaban J connectivity index is 1.50. The Kier molecular flexibility index (Phi) is 6.78. The molecule has 158 valence electrons. The van der Waals surface area contributed by atoms with Gasteiger partial charge in [0.2, 0.25) is 17.2 Å². The molecule has 0 aliphatic carbocycles. The summed E-state index contributed by atoms with van der Waals surface area (Å²) in [5.41, 5.74) is 2.74. The van der Waals surface area contributed by atoms with E-state index < -0.39 is 17.8 Å². The smallest absolute Gasteiger partial charge is 0.240 e. The number of carboxylic acids is 1. The van der Waals surface area contributed by atoms with E-state index in [-0.39, 0.29) is 29.4 Å². The van der Waals surface area contributed by atoms with Crippen molar-refractivity contribution in [3.63, 3.8) is 0 Å². The number of carbonyl (C=O) groups excluding carboxylic acids is 3. The van der Waals surface area contributed by atoms with Gasteiger partial charge in [-0.1, -0.05) is 23.7 Å². The SMILES string of the molecule is O=C(CCC(=O)Nc1ccc(C(=O)[O-])cc1)N/N=C\c1coc2cc(Cl)ccc2c1=O. The number of hydrogen-bond donors (Lipinski definition) is 2. The number of hydrogen-bond acceptors (Lipinski definition) is 7. The van der Waals surface area contributed by atoms with Crippen LogP contribution in [-0.4, -0.2) is 24.0 Å². The number of nitrogens with one attached hydrogen (secondary N) is 2. The van der Waals surface area contributed by atoms with E-state index in [0.29, 0.717) is 21.7 Å². The first-order chi connectivity index (χ1) is 14.8. The molecule has 0 saturated heterocycles. The molecule has 0 radical (unpaired) electrons. The average molecular weight is 441 g/mol. The van der Waals surface area contributed by atoms with Crippen LogP contribution in [0.1, 0.15) is 28.8 Å². The van der Waals surface area contributed by atoms with E-state index in [1.165, 1.54) is 42.7 Å². The van der Waals surface area contributed by atoms with Crippen molar-refractivity contribution < 1.29 is 23.9 Å². The number of carboxylic acid groups (broad SMARTS) is 1. The summed E-state index contributed by atoms with van der Waals surface area (Å²) >= 11 is 5.86. The highest BCUT2D eigenvalue weighted by molar-refractivity contribution is 6.31. The van der Waals surface area contributed by atoms with Crippen molar-refractivity contribution in [2.24, 2.45) is 5.10 Å². The van der Waals surface area contributed by atoms with Gasteiger partial charge in [-0.15, -0.1) is 0 Å². The first kappa shape index (κ1) is 21.7. The molecular formula is C21H15ClN3O6-. The Morgan fingerprint density at radius 1 is 1.06 bits per heavy atom. The molecule has 1 aromatic heterocycles. The lowest BCUT2D eigenvalue weighted by atomic mass is 10.2. The van der Waals surface area contributed by atoms with Gasteiger partial charge in [0.25, 0.3) is 0 Å². The molecule has 2 amide bonds. The van der Waals surface area contributed by atoms with Crippen molar-refractivity contribution in [3.05, 3.63) is 75.1 Å². The second kappa shape index (κ2) is 9.68. The zero-order valence-corrected chi connectivity index (χ0v) is 16.6. The summed E-state index contributed by atoms with van der Waals surface area (Å²) in [6.07, 6.45) is 2.08. The third-order valence-corrected chi connectivity index (χ3v) is 4.37. The highest BCUT2D eigenvalue weighted by atomic mass is 35.5. The number of carbonyl (C=O) groups is 3. The van der Waals surface area contributed by atoms with Gasteiger partial charge in [-0.05, 0) is 29.8 Å². The van der Waals surface area contributed by atoms with Crippen LogP contribution >= 0.6 is 11.6 Å². The van der Waals surface area contributed by atoms with Gasteiger partial charge in [-0.2, -0.15) is 5.10 Å². The number of rotatable bonds is 7. The minimum atomic E-state index is -1.32. The molecule has 2 N–H and O–H groups in total. The third kappa shape index (κ3) is 5.77. The van der Waals surface area contributed by atoms with Gasteiger partial charge >= 0.3 is 0 Å². The molecule has 0 aliphatic heterocycles. The van der Waals surface area contributed by atoms with Crippen LogP contribution in [0.5, 0.6) is 0 Å². The van der Waals surface area contributed by atoms with Crippen LogP contribution < -0.4 is 21.3 Å². The van der Waals surface area contributed by atoms with Crippen molar-refractivity contribution in [1.82, 2.24) is 5.43 Å². The van der Waals surface area contributed by atoms with Gasteiger partial charge in [0.15, 0.2) is 0 Å². The summed E-state index contributed by atoms with van der Waals surface area (Å²) in [6.45, 7) is 0. The molecule has 2 aromatic carbocycles. The van der Waals surface area contributed by atoms with E-state index in [4.69, 9.17) is 16.0 Å². The first-order valence-electron chi connectivity index (χ1n) is 8.98. The molecule has 0 atom stereocenters. The van der Waals surface area contributed by atoms with Gasteiger partial charge in [-0.3, -0.25) is 14.4 Å². The minimum Gasteiger partial charge on any atom is -0.545 e. The van der Waals surface area contributed by atoms with E-state index in [9.17, 15) is 24.3 Å². The van der Waals surface area contributed by atoms with Crippen molar-refractivity contribution in [2.45, 2.75) is 12.8 Å². The van der Waals surface area contributed by atoms with E-state index in [2.05, 4.69) is 15.8 Å². The maximum atomic E-state index is 12.4. The Bertz CT molecular complexity index is 1230.